The monoisotopic (exact) mass is 519 g/mol. The van der Waals surface area contributed by atoms with Crippen molar-refractivity contribution in [2.24, 2.45) is 5.16 Å². The Balaban J connectivity index is 1.43. The summed E-state index contributed by atoms with van der Waals surface area (Å²) >= 11 is 0. The molecule has 3 heterocycles. The minimum atomic E-state index is 0.106. The second-order valence-electron chi connectivity index (χ2n) is 8.80. The Bertz CT molecular complexity index is 1770. The van der Waals surface area contributed by atoms with Crippen molar-refractivity contribution >= 4 is 22.5 Å². The molecular weight excluding hydrogens is 494 g/mol. The number of ether oxygens (including phenoxy) is 2. The van der Waals surface area contributed by atoms with Crippen LogP contribution in [0, 0.1) is 0 Å². The van der Waals surface area contributed by atoms with Crippen molar-refractivity contribution in [1.29, 1.82) is 0 Å². The lowest BCUT2D eigenvalue weighted by molar-refractivity contribution is 0.125. The van der Waals surface area contributed by atoms with Gasteiger partial charge < -0.3 is 18.7 Å². The maximum Gasteiger partial charge on any atom is 0.232 e. The number of rotatable bonds is 8. The molecule has 3 aromatic heterocycles. The fourth-order valence-corrected chi connectivity index (χ4v) is 4.40. The molecule has 39 heavy (non-hydrogen) atoms. The highest BCUT2D eigenvalue weighted by molar-refractivity contribution is 6.07. The molecule has 0 aliphatic rings. The van der Waals surface area contributed by atoms with E-state index in [4.69, 9.17) is 23.7 Å². The fourth-order valence-electron chi connectivity index (χ4n) is 4.40. The van der Waals surface area contributed by atoms with Crippen molar-refractivity contribution in [2.75, 3.05) is 14.2 Å². The van der Waals surface area contributed by atoms with E-state index in [1.54, 1.807) is 25.1 Å². The molecule has 0 unspecified atom stereocenters. The molecule has 0 N–H and O–H groups in total. The highest BCUT2D eigenvalue weighted by atomic mass is 16.6. The molecule has 194 valence electrons. The molecule has 0 fully saturated rings. The number of hydrogen-bond donors (Lipinski definition) is 0. The van der Waals surface area contributed by atoms with Crippen LogP contribution in [0.4, 0.5) is 0 Å². The SMILES string of the molecule is COc1ccc(-c2oc3ncn4nc(CO/N=C(/C)c5ccccc5)nc4c3c2-c2ccc(OC)cc2)cc1. The predicted octanol–water partition coefficient (Wildman–Crippen LogP) is 6.16. The predicted molar refractivity (Wildman–Crippen MR) is 148 cm³/mol. The Morgan fingerprint density at radius 2 is 1.54 bits per heavy atom. The van der Waals surface area contributed by atoms with Gasteiger partial charge in [0.2, 0.25) is 5.71 Å². The number of aromatic nitrogens is 4. The van der Waals surface area contributed by atoms with Crippen LogP contribution in [0.2, 0.25) is 0 Å². The highest BCUT2D eigenvalue weighted by Gasteiger charge is 2.23. The van der Waals surface area contributed by atoms with Crippen LogP contribution >= 0.6 is 0 Å². The van der Waals surface area contributed by atoms with Crippen LogP contribution in [-0.4, -0.2) is 39.5 Å². The van der Waals surface area contributed by atoms with Gasteiger partial charge in [0.15, 0.2) is 18.1 Å². The molecule has 0 aliphatic heterocycles. The van der Waals surface area contributed by atoms with Crippen molar-refractivity contribution in [1.82, 2.24) is 19.6 Å². The number of hydrogen-bond acceptors (Lipinski definition) is 8. The Hall–Kier alpha value is -5.18. The first-order valence-electron chi connectivity index (χ1n) is 12.3. The zero-order valence-corrected chi connectivity index (χ0v) is 21.7. The molecule has 0 aliphatic carbocycles. The molecule has 0 atom stereocenters. The van der Waals surface area contributed by atoms with Gasteiger partial charge in [0.1, 0.15) is 23.6 Å². The van der Waals surface area contributed by atoms with E-state index in [2.05, 4.69) is 15.2 Å². The van der Waals surface area contributed by atoms with E-state index < -0.39 is 0 Å². The zero-order chi connectivity index (χ0) is 26.8. The van der Waals surface area contributed by atoms with Crippen molar-refractivity contribution in [2.45, 2.75) is 13.5 Å². The van der Waals surface area contributed by atoms with Gasteiger partial charge in [-0.1, -0.05) is 47.6 Å². The van der Waals surface area contributed by atoms with Crippen molar-refractivity contribution in [3.8, 4) is 33.9 Å². The normalized spacial score (nSPS) is 11.7. The van der Waals surface area contributed by atoms with Crippen LogP contribution in [0.25, 0.3) is 39.2 Å². The Morgan fingerprint density at radius 1 is 0.872 bits per heavy atom. The second kappa shape index (κ2) is 10.3. The average molecular weight is 520 g/mol. The van der Waals surface area contributed by atoms with Crippen LogP contribution in [-0.2, 0) is 11.4 Å². The largest absolute Gasteiger partial charge is 0.497 e. The van der Waals surface area contributed by atoms with Crippen molar-refractivity contribution in [3.63, 3.8) is 0 Å². The van der Waals surface area contributed by atoms with E-state index in [0.29, 0.717) is 22.9 Å². The maximum atomic E-state index is 6.33. The lowest BCUT2D eigenvalue weighted by Crippen LogP contribution is -1.97. The standard InChI is InChI=1S/C30H25N5O4/c1-19(20-7-5-4-6-8-20)34-38-17-25-32-29-27-26(21-9-13-23(36-2)14-10-21)28(22-11-15-24(37-3)16-12-22)39-30(27)31-18-35(29)33-25/h4-16,18H,17H2,1-3H3/b34-19-. The fraction of sp³-hybridized carbons (Fsp3) is 0.133. The summed E-state index contributed by atoms with van der Waals surface area (Å²) in [5.74, 6) is 2.66. The van der Waals surface area contributed by atoms with Gasteiger partial charge in [-0.15, -0.1) is 5.10 Å². The molecule has 9 heteroatoms. The van der Waals surface area contributed by atoms with E-state index in [9.17, 15) is 0 Å². The molecule has 0 amide bonds. The third-order valence-electron chi connectivity index (χ3n) is 6.39. The maximum absolute atomic E-state index is 6.33. The van der Waals surface area contributed by atoms with Gasteiger partial charge in [0.05, 0.1) is 25.3 Å². The molecule has 0 spiro atoms. The summed E-state index contributed by atoms with van der Waals surface area (Å²) in [4.78, 5) is 14.9. The Morgan fingerprint density at radius 3 is 2.21 bits per heavy atom. The van der Waals surface area contributed by atoms with E-state index in [1.807, 2.05) is 85.8 Å². The quantitative estimate of drug-likeness (QED) is 0.175. The molecule has 0 saturated carbocycles. The molecule has 0 saturated heterocycles. The number of benzene rings is 3. The van der Waals surface area contributed by atoms with Crippen molar-refractivity contribution < 1.29 is 18.7 Å². The van der Waals surface area contributed by atoms with Crippen LogP contribution in [0.15, 0.2) is 94.8 Å². The number of furan rings is 1. The summed E-state index contributed by atoms with van der Waals surface area (Å²) in [6.07, 6.45) is 1.59. The van der Waals surface area contributed by atoms with Crippen molar-refractivity contribution in [3.05, 3.63) is 96.6 Å². The van der Waals surface area contributed by atoms with Gasteiger partial charge in [0.25, 0.3) is 0 Å². The van der Waals surface area contributed by atoms with E-state index >= 15 is 0 Å². The molecule has 9 nitrogen and oxygen atoms in total. The minimum Gasteiger partial charge on any atom is -0.497 e. The first-order chi connectivity index (χ1) is 19.1. The zero-order valence-electron chi connectivity index (χ0n) is 21.7. The van der Waals surface area contributed by atoms with E-state index in [0.717, 1.165) is 44.9 Å². The minimum absolute atomic E-state index is 0.106. The number of methoxy groups -OCH3 is 2. The van der Waals surface area contributed by atoms with Gasteiger partial charge in [-0.2, -0.15) is 0 Å². The van der Waals surface area contributed by atoms with Gasteiger partial charge in [-0.25, -0.2) is 14.5 Å². The van der Waals surface area contributed by atoms with Gasteiger partial charge >= 0.3 is 0 Å². The number of nitrogens with zero attached hydrogens (tertiary/aromatic N) is 5. The van der Waals surface area contributed by atoms with Crippen LogP contribution in [0.5, 0.6) is 11.5 Å². The van der Waals surface area contributed by atoms with Gasteiger partial charge in [0, 0.05) is 11.1 Å². The highest BCUT2D eigenvalue weighted by Crippen LogP contribution is 2.42. The lowest BCUT2D eigenvalue weighted by atomic mass is 9.99. The first-order valence-corrected chi connectivity index (χ1v) is 12.3. The van der Waals surface area contributed by atoms with Crippen LogP contribution in [0.1, 0.15) is 18.3 Å². The van der Waals surface area contributed by atoms with Crippen LogP contribution in [0.3, 0.4) is 0 Å². The molecule has 0 bridgehead atoms. The first kappa shape index (κ1) is 24.2. The number of oxime groups is 1. The second-order valence-corrected chi connectivity index (χ2v) is 8.80. The topological polar surface area (TPSA) is 96.3 Å². The summed E-state index contributed by atoms with van der Waals surface area (Å²) in [6.45, 7) is 2.00. The summed E-state index contributed by atoms with van der Waals surface area (Å²) < 4.78 is 18.7. The summed E-state index contributed by atoms with van der Waals surface area (Å²) in [5.41, 5.74) is 5.48. The Labute approximate surface area is 224 Å². The lowest BCUT2D eigenvalue weighted by Gasteiger charge is -2.06. The third-order valence-corrected chi connectivity index (χ3v) is 6.39. The summed E-state index contributed by atoms with van der Waals surface area (Å²) in [7, 11) is 3.28. The van der Waals surface area contributed by atoms with Gasteiger partial charge in [-0.05, 0) is 54.4 Å². The number of fused-ring (bicyclic) bond motifs is 3. The molecule has 6 rings (SSSR count). The molecule has 0 radical (unpaired) electrons. The van der Waals surface area contributed by atoms with Crippen LogP contribution < -0.4 is 9.47 Å². The summed E-state index contributed by atoms with van der Waals surface area (Å²) in [5, 5.41) is 9.55. The van der Waals surface area contributed by atoms with Gasteiger partial charge in [-0.3, -0.25) is 0 Å². The molecular formula is C30H25N5O4. The molecule has 6 aromatic rings. The molecule has 3 aromatic carbocycles. The van der Waals surface area contributed by atoms with E-state index in [1.165, 1.54) is 0 Å². The van der Waals surface area contributed by atoms with E-state index in [-0.39, 0.29) is 6.61 Å². The smallest absolute Gasteiger partial charge is 0.232 e. The summed E-state index contributed by atoms with van der Waals surface area (Å²) in [6, 6.07) is 25.3. The average Bonchev–Trinajstić information content (AvgIpc) is 3.59. The Kier molecular flexibility index (Phi) is 6.38. The third kappa shape index (κ3) is 4.66.